The number of hydrogen-bond donors (Lipinski definition) is 0. The maximum absolute atomic E-state index is 3.78. The Morgan fingerprint density at radius 3 is 1.41 bits per heavy atom. The van der Waals surface area contributed by atoms with Crippen LogP contribution in [0, 0.1) is 5.41 Å². The van der Waals surface area contributed by atoms with E-state index in [0.29, 0.717) is 0 Å². The average Bonchev–Trinajstić information content (AvgIpc) is 2.28. The van der Waals surface area contributed by atoms with Crippen molar-refractivity contribution < 1.29 is 0 Å². The number of rotatable bonds is 6. The van der Waals surface area contributed by atoms with Crippen molar-refractivity contribution in [2.45, 2.75) is 27.7 Å². The van der Waals surface area contributed by atoms with Gasteiger partial charge in [0.25, 0.3) is 0 Å². The van der Waals surface area contributed by atoms with Crippen molar-refractivity contribution >= 4 is 0 Å². The van der Waals surface area contributed by atoms with Gasteiger partial charge < -0.3 is 0 Å². The summed E-state index contributed by atoms with van der Waals surface area (Å²) in [7, 11) is 0. The number of hydrogen-bond acceptors (Lipinski definition) is 0. The highest BCUT2D eigenvalue weighted by Gasteiger charge is 2.23. The van der Waals surface area contributed by atoms with Gasteiger partial charge in [-0.05, 0) is 25.0 Å². The van der Waals surface area contributed by atoms with Crippen molar-refractivity contribution in [2.24, 2.45) is 5.41 Å². The van der Waals surface area contributed by atoms with E-state index < -0.39 is 0 Å². The van der Waals surface area contributed by atoms with Crippen molar-refractivity contribution in [3.05, 3.63) is 72.9 Å². The second-order valence-electron chi connectivity index (χ2n) is 4.34. The summed E-state index contributed by atoms with van der Waals surface area (Å²) in [5.74, 6) is 0. The zero-order chi connectivity index (χ0) is 13.3. The minimum atomic E-state index is -0.0542. The largest absolute Gasteiger partial charge is 0.0991 e. The van der Waals surface area contributed by atoms with Crippen LogP contribution in [0.4, 0.5) is 0 Å². The van der Waals surface area contributed by atoms with Crippen LogP contribution in [0.5, 0.6) is 0 Å². The monoisotopic (exact) mass is 228 g/mol. The Labute approximate surface area is 106 Å². The predicted octanol–water partition coefficient (Wildman–Crippen LogP) is 5.39. The van der Waals surface area contributed by atoms with Crippen LogP contribution in [0.1, 0.15) is 27.7 Å². The van der Waals surface area contributed by atoms with Gasteiger partial charge in [-0.1, -0.05) is 75.6 Å². The topological polar surface area (TPSA) is 0 Å². The van der Waals surface area contributed by atoms with Crippen LogP contribution in [0.15, 0.2) is 72.9 Å². The van der Waals surface area contributed by atoms with Crippen LogP contribution in [0.3, 0.4) is 0 Å². The van der Waals surface area contributed by atoms with Crippen LogP contribution in [-0.2, 0) is 0 Å². The summed E-state index contributed by atoms with van der Waals surface area (Å²) >= 11 is 0. The van der Waals surface area contributed by atoms with E-state index in [9.17, 15) is 0 Å². The summed E-state index contributed by atoms with van der Waals surface area (Å²) in [5, 5.41) is 0. The first-order valence-corrected chi connectivity index (χ1v) is 5.96. The van der Waals surface area contributed by atoms with E-state index in [1.807, 2.05) is 26.0 Å². The number of allylic oxidation sites excluding steroid dienone is 10. The lowest BCUT2D eigenvalue weighted by Crippen LogP contribution is -2.16. The fourth-order valence-corrected chi connectivity index (χ4v) is 1.72. The highest BCUT2D eigenvalue weighted by molar-refractivity contribution is 5.42. The maximum Gasteiger partial charge on any atom is 0.0146 e. The SMILES string of the molecule is C=C/C=C(\C=C/C)C(C)(C)C(/C=C\C)=C/C=C. The molecule has 0 heterocycles. The smallest absolute Gasteiger partial charge is 0.0146 e. The molecule has 0 N–H and O–H groups in total. The van der Waals surface area contributed by atoms with Crippen LogP contribution in [0.25, 0.3) is 0 Å². The van der Waals surface area contributed by atoms with E-state index in [-0.39, 0.29) is 5.41 Å². The second-order valence-corrected chi connectivity index (χ2v) is 4.34. The molecule has 0 saturated carbocycles. The zero-order valence-electron chi connectivity index (χ0n) is 11.5. The molecule has 17 heavy (non-hydrogen) atoms. The van der Waals surface area contributed by atoms with Gasteiger partial charge >= 0.3 is 0 Å². The van der Waals surface area contributed by atoms with Crippen molar-refractivity contribution in [1.29, 1.82) is 0 Å². The Morgan fingerprint density at radius 2 is 1.18 bits per heavy atom. The molecule has 0 unspecified atom stereocenters. The minimum absolute atomic E-state index is 0.0542. The van der Waals surface area contributed by atoms with Gasteiger partial charge in [-0.2, -0.15) is 0 Å². The lowest BCUT2D eigenvalue weighted by Gasteiger charge is -2.28. The fourth-order valence-electron chi connectivity index (χ4n) is 1.72. The average molecular weight is 228 g/mol. The Kier molecular flexibility index (Phi) is 6.97. The lowest BCUT2D eigenvalue weighted by molar-refractivity contribution is 0.566. The summed E-state index contributed by atoms with van der Waals surface area (Å²) in [4.78, 5) is 0. The highest BCUT2D eigenvalue weighted by Crippen LogP contribution is 2.36. The van der Waals surface area contributed by atoms with Crippen LogP contribution in [-0.4, -0.2) is 0 Å². The molecule has 0 aromatic carbocycles. The normalized spacial score (nSPS) is 14.6. The molecule has 0 nitrogen and oxygen atoms in total. The Bertz CT molecular complexity index is 335. The summed E-state index contributed by atoms with van der Waals surface area (Å²) in [6.45, 7) is 16.0. The zero-order valence-corrected chi connectivity index (χ0v) is 11.5. The van der Waals surface area contributed by atoms with Crippen LogP contribution in [0.2, 0.25) is 0 Å². The van der Waals surface area contributed by atoms with Gasteiger partial charge in [0.2, 0.25) is 0 Å². The first-order valence-electron chi connectivity index (χ1n) is 5.96. The maximum atomic E-state index is 3.78. The Balaban J connectivity index is 5.60. The highest BCUT2D eigenvalue weighted by atomic mass is 14.3. The molecule has 0 fully saturated rings. The third kappa shape index (κ3) is 4.44. The van der Waals surface area contributed by atoms with E-state index >= 15 is 0 Å². The second kappa shape index (κ2) is 7.67. The van der Waals surface area contributed by atoms with Crippen LogP contribution >= 0.6 is 0 Å². The molecule has 0 bridgehead atoms. The summed E-state index contributed by atoms with van der Waals surface area (Å²) in [6, 6.07) is 0. The molecule has 0 amide bonds. The van der Waals surface area contributed by atoms with Gasteiger partial charge in [0.1, 0.15) is 0 Å². The molecule has 0 aromatic heterocycles. The molecular weight excluding hydrogens is 204 g/mol. The minimum Gasteiger partial charge on any atom is -0.0991 e. The molecule has 0 rings (SSSR count). The lowest BCUT2D eigenvalue weighted by atomic mass is 9.76. The molecule has 0 heteroatoms. The third-order valence-corrected chi connectivity index (χ3v) is 2.73. The van der Waals surface area contributed by atoms with E-state index in [1.54, 1.807) is 0 Å². The molecule has 92 valence electrons. The third-order valence-electron chi connectivity index (χ3n) is 2.73. The van der Waals surface area contributed by atoms with E-state index in [2.05, 4.69) is 63.5 Å². The molecule has 0 aliphatic carbocycles. The quantitative estimate of drug-likeness (QED) is 0.535. The molecule has 0 aromatic rings. The van der Waals surface area contributed by atoms with Gasteiger partial charge in [0, 0.05) is 5.41 Å². The standard InChI is InChI=1S/C17H24/c1-7-11-15(12-8-2)17(5,6)16(13-9-3)14-10-4/h7-14H,1,3H2,2,4-6H3/b12-8-,14-10-,15-11+,16-13+. The molecule has 0 atom stereocenters. The van der Waals surface area contributed by atoms with Gasteiger partial charge in [0.15, 0.2) is 0 Å². The van der Waals surface area contributed by atoms with E-state index in [4.69, 9.17) is 0 Å². The van der Waals surface area contributed by atoms with Crippen molar-refractivity contribution in [2.75, 3.05) is 0 Å². The summed E-state index contributed by atoms with van der Waals surface area (Å²) in [5.41, 5.74) is 2.42. The molecule has 0 radical (unpaired) electrons. The van der Waals surface area contributed by atoms with Gasteiger partial charge in [-0.25, -0.2) is 0 Å². The fraction of sp³-hybridized carbons (Fsp3) is 0.294. The molecule has 0 saturated heterocycles. The van der Waals surface area contributed by atoms with Gasteiger partial charge in [0.05, 0.1) is 0 Å². The van der Waals surface area contributed by atoms with Gasteiger partial charge in [-0.3, -0.25) is 0 Å². The van der Waals surface area contributed by atoms with Crippen molar-refractivity contribution in [1.82, 2.24) is 0 Å². The molecular formula is C17H24. The molecule has 0 spiro atoms. The van der Waals surface area contributed by atoms with E-state index in [0.717, 1.165) is 0 Å². The first-order chi connectivity index (χ1) is 8.04. The summed E-state index contributed by atoms with van der Waals surface area (Å²) in [6.07, 6.45) is 16.1. The first kappa shape index (κ1) is 15.4. The van der Waals surface area contributed by atoms with Crippen molar-refractivity contribution in [3.63, 3.8) is 0 Å². The molecule has 0 aliphatic rings. The van der Waals surface area contributed by atoms with Crippen molar-refractivity contribution in [3.8, 4) is 0 Å². The van der Waals surface area contributed by atoms with Crippen LogP contribution < -0.4 is 0 Å². The van der Waals surface area contributed by atoms with Gasteiger partial charge in [-0.15, -0.1) is 0 Å². The van der Waals surface area contributed by atoms with E-state index in [1.165, 1.54) is 11.1 Å². The predicted molar refractivity (Wildman–Crippen MR) is 80.0 cm³/mol. The molecule has 0 aliphatic heterocycles. The Morgan fingerprint density at radius 1 is 0.824 bits per heavy atom. The Hall–Kier alpha value is -1.56. The summed E-state index contributed by atoms with van der Waals surface area (Å²) < 4.78 is 0.